The Morgan fingerprint density at radius 1 is 1.26 bits per heavy atom. The van der Waals surface area contributed by atoms with E-state index < -0.39 is 4.92 Å². The molecule has 0 unspecified atom stereocenters. The number of nitrogens with one attached hydrogen (secondary N) is 1. The molecule has 2 aromatic rings. The standard InChI is InChI=1S/C12H10FN3O2S/c1-14-11-7-6-10(16(17)18)12(15-11)19-9-4-2-8(13)3-5-9/h2-7H,1H3,(H,14,15). The van der Waals surface area contributed by atoms with Crippen molar-refractivity contribution in [2.75, 3.05) is 12.4 Å². The van der Waals surface area contributed by atoms with E-state index in [2.05, 4.69) is 10.3 Å². The minimum Gasteiger partial charge on any atom is -0.373 e. The molecule has 0 saturated carbocycles. The van der Waals surface area contributed by atoms with Crippen LogP contribution in [-0.4, -0.2) is 17.0 Å². The summed E-state index contributed by atoms with van der Waals surface area (Å²) in [6, 6.07) is 8.64. The zero-order valence-electron chi connectivity index (χ0n) is 9.96. The van der Waals surface area contributed by atoms with Crippen LogP contribution >= 0.6 is 11.8 Å². The van der Waals surface area contributed by atoms with Crippen molar-refractivity contribution >= 4 is 23.3 Å². The second kappa shape index (κ2) is 5.66. The highest BCUT2D eigenvalue weighted by Gasteiger charge is 2.17. The lowest BCUT2D eigenvalue weighted by atomic mass is 10.3. The van der Waals surface area contributed by atoms with Gasteiger partial charge in [-0.25, -0.2) is 9.37 Å². The highest BCUT2D eigenvalue weighted by Crippen LogP contribution is 2.34. The molecule has 98 valence electrons. The van der Waals surface area contributed by atoms with E-state index in [0.717, 1.165) is 11.8 Å². The first-order chi connectivity index (χ1) is 9.10. The van der Waals surface area contributed by atoms with E-state index in [-0.39, 0.29) is 16.5 Å². The summed E-state index contributed by atoms with van der Waals surface area (Å²) in [6.45, 7) is 0. The molecule has 2 rings (SSSR count). The molecule has 0 bridgehead atoms. The number of hydrogen-bond donors (Lipinski definition) is 1. The van der Waals surface area contributed by atoms with Gasteiger partial charge in [-0.3, -0.25) is 10.1 Å². The van der Waals surface area contributed by atoms with E-state index in [1.807, 2.05) is 0 Å². The van der Waals surface area contributed by atoms with Crippen molar-refractivity contribution in [1.29, 1.82) is 0 Å². The maximum atomic E-state index is 12.8. The van der Waals surface area contributed by atoms with Gasteiger partial charge in [-0.15, -0.1) is 0 Å². The Hall–Kier alpha value is -2.15. The zero-order chi connectivity index (χ0) is 13.8. The molecule has 0 aliphatic heterocycles. The van der Waals surface area contributed by atoms with E-state index in [4.69, 9.17) is 0 Å². The Kier molecular flexibility index (Phi) is 3.96. The van der Waals surface area contributed by atoms with Crippen LogP contribution in [0.15, 0.2) is 46.3 Å². The average Bonchev–Trinajstić information content (AvgIpc) is 2.41. The first-order valence-corrected chi connectivity index (χ1v) is 6.18. The number of benzene rings is 1. The predicted molar refractivity (Wildman–Crippen MR) is 71.0 cm³/mol. The van der Waals surface area contributed by atoms with Crippen molar-refractivity contribution in [3.8, 4) is 0 Å². The summed E-state index contributed by atoms with van der Waals surface area (Å²) >= 11 is 1.12. The van der Waals surface area contributed by atoms with E-state index in [9.17, 15) is 14.5 Å². The van der Waals surface area contributed by atoms with Gasteiger partial charge in [0.15, 0.2) is 5.03 Å². The van der Waals surface area contributed by atoms with E-state index in [1.165, 1.54) is 24.3 Å². The predicted octanol–water partition coefficient (Wildman–Crippen LogP) is 3.32. The lowest BCUT2D eigenvalue weighted by Gasteiger charge is -2.05. The molecular weight excluding hydrogens is 269 g/mol. The van der Waals surface area contributed by atoms with Crippen molar-refractivity contribution in [3.63, 3.8) is 0 Å². The molecule has 0 atom stereocenters. The molecule has 7 heteroatoms. The summed E-state index contributed by atoms with van der Waals surface area (Å²) in [7, 11) is 1.68. The lowest BCUT2D eigenvalue weighted by Crippen LogP contribution is -1.97. The third-order valence-corrected chi connectivity index (χ3v) is 3.32. The number of halogens is 1. The minimum atomic E-state index is -0.488. The van der Waals surface area contributed by atoms with Crippen molar-refractivity contribution in [1.82, 2.24) is 4.98 Å². The number of pyridine rings is 1. The van der Waals surface area contributed by atoms with Crippen molar-refractivity contribution < 1.29 is 9.31 Å². The van der Waals surface area contributed by atoms with Crippen molar-refractivity contribution in [2.45, 2.75) is 9.92 Å². The second-order valence-electron chi connectivity index (χ2n) is 3.58. The third kappa shape index (κ3) is 3.19. The van der Waals surface area contributed by atoms with Crippen LogP contribution in [0.5, 0.6) is 0 Å². The summed E-state index contributed by atoms with van der Waals surface area (Å²) in [4.78, 5) is 15.3. The molecule has 1 N–H and O–H groups in total. The van der Waals surface area contributed by atoms with Crippen LogP contribution in [-0.2, 0) is 0 Å². The SMILES string of the molecule is CNc1ccc([N+](=O)[O-])c(Sc2ccc(F)cc2)n1. The zero-order valence-corrected chi connectivity index (χ0v) is 10.8. The Balaban J connectivity index is 2.36. The largest absolute Gasteiger partial charge is 0.373 e. The number of anilines is 1. The number of nitrogens with zero attached hydrogens (tertiary/aromatic N) is 2. The minimum absolute atomic E-state index is 0.0756. The van der Waals surface area contributed by atoms with Crippen LogP contribution in [0.4, 0.5) is 15.9 Å². The Morgan fingerprint density at radius 2 is 1.95 bits per heavy atom. The maximum absolute atomic E-state index is 12.8. The highest BCUT2D eigenvalue weighted by molar-refractivity contribution is 7.99. The summed E-state index contributed by atoms with van der Waals surface area (Å²) in [5, 5.41) is 14.0. The van der Waals surface area contributed by atoms with Gasteiger partial charge in [-0.2, -0.15) is 0 Å². The van der Waals surface area contributed by atoms with Gasteiger partial charge in [0.05, 0.1) is 4.92 Å². The molecule has 0 aliphatic carbocycles. The molecular formula is C12H10FN3O2S. The molecule has 0 spiro atoms. The van der Waals surface area contributed by atoms with Gasteiger partial charge in [0.1, 0.15) is 11.6 Å². The molecule has 0 fully saturated rings. The van der Waals surface area contributed by atoms with E-state index >= 15 is 0 Å². The van der Waals surface area contributed by atoms with Crippen LogP contribution in [0.3, 0.4) is 0 Å². The van der Waals surface area contributed by atoms with Crippen LogP contribution in [0.2, 0.25) is 0 Å². The first kappa shape index (κ1) is 13.3. The van der Waals surface area contributed by atoms with Gasteiger partial charge in [0.2, 0.25) is 0 Å². The van der Waals surface area contributed by atoms with Gasteiger partial charge < -0.3 is 5.32 Å². The second-order valence-corrected chi connectivity index (χ2v) is 4.65. The Labute approximate surface area is 113 Å². The number of nitro groups is 1. The maximum Gasteiger partial charge on any atom is 0.301 e. The summed E-state index contributed by atoms with van der Waals surface area (Å²) < 4.78 is 12.8. The quantitative estimate of drug-likeness (QED) is 0.686. The molecule has 0 saturated heterocycles. The van der Waals surface area contributed by atoms with Crippen LogP contribution < -0.4 is 5.32 Å². The van der Waals surface area contributed by atoms with Crippen LogP contribution in [0, 0.1) is 15.9 Å². The number of rotatable bonds is 4. The molecule has 0 radical (unpaired) electrons. The van der Waals surface area contributed by atoms with Gasteiger partial charge >= 0.3 is 5.69 Å². The number of aromatic nitrogens is 1. The fourth-order valence-electron chi connectivity index (χ4n) is 1.40. The highest BCUT2D eigenvalue weighted by atomic mass is 32.2. The smallest absolute Gasteiger partial charge is 0.301 e. The molecule has 0 amide bonds. The topological polar surface area (TPSA) is 68.1 Å². The normalized spacial score (nSPS) is 10.2. The van der Waals surface area contributed by atoms with Gasteiger partial charge in [0.25, 0.3) is 0 Å². The van der Waals surface area contributed by atoms with Gasteiger partial charge in [0, 0.05) is 18.0 Å². The van der Waals surface area contributed by atoms with E-state index in [1.54, 1.807) is 19.2 Å². The Bertz CT molecular complexity index is 604. The summed E-state index contributed by atoms with van der Waals surface area (Å²) in [5.41, 5.74) is -0.0756. The molecule has 0 aliphatic rings. The number of hydrogen-bond acceptors (Lipinski definition) is 5. The molecule has 19 heavy (non-hydrogen) atoms. The molecule has 1 aromatic heterocycles. The third-order valence-electron chi connectivity index (χ3n) is 2.32. The lowest BCUT2D eigenvalue weighted by molar-refractivity contribution is -0.388. The van der Waals surface area contributed by atoms with Crippen molar-refractivity contribution in [2.24, 2.45) is 0 Å². The fourth-order valence-corrected chi connectivity index (χ4v) is 2.29. The van der Waals surface area contributed by atoms with Gasteiger partial charge in [-0.1, -0.05) is 11.8 Å². The average molecular weight is 279 g/mol. The van der Waals surface area contributed by atoms with E-state index in [0.29, 0.717) is 10.7 Å². The molecule has 5 nitrogen and oxygen atoms in total. The fraction of sp³-hybridized carbons (Fsp3) is 0.0833. The first-order valence-electron chi connectivity index (χ1n) is 5.37. The Morgan fingerprint density at radius 3 is 2.53 bits per heavy atom. The monoisotopic (exact) mass is 279 g/mol. The molecule has 1 heterocycles. The summed E-state index contributed by atoms with van der Waals surface area (Å²) in [6.07, 6.45) is 0. The summed E-state index contributed by atoms with van der Waals surface area (Å²) in [5.74, 6) is 0.186. The van der Waals surface area contributed by atoms with Crippen LogP contribution in [0.25, 0.3) is 0 Å². The van der Waals surface area contributed by atoms with Crippen LogP contribution in [0.1, 0.15) is 0 Å². The van der Waals surface area contributed by atoms with Gasteiger partial charge in [-0.05, 0) is 30.3 Å². The van der Waals surface area contributed by atoms with Crippen molar-refractivity contribution in [3.05, 3.63) is 52.3 Å². The molecule has 1 aromatic carbocycles.